The molecule has 0 aliphatic carbocycles. The van der Waals surface area contributed by atoms with E-state index in [0.29, 0.717) is 0 Å². The van der Waals surface area contributed by atoms with Crippen LogP contribution in [0.3, 0.4) is 0 Å². The molecule has 0 amide bonds. The van der Waals surface area contributed by atoms with E-state index in [2.05, 4.69) is 53.8 Å². The van der Waals surface area contributed by atoms with E-state index in [1.54, 1.807) is 6.33 Å². The lowest BCUT2D eigenvalue weighted by atomic mass is 10.1. The molecule has 84 valence electrons. The first-order chi connectivity index (χ1) is 7.76. The smallest absolute Gasteiger partial charge is 0.139 e. The number of anilines is 1. The van der Waals surface area contributed by atoms with Gasteiger partial charge in [0.2, 0.25) is 0 Å². The normalized spacial score (nSPS) is 10.7. The Kier molecular flexibility index (Phi) is 3.04. The zero-order chi connectivity index (χ0) is 11.5. The fraction of sp³-hybridized carbons (Fsp3) is 0.385. The van der Waals surface area contributed by atoms with Crippen molar-refractivity contribution in [1.82, 2.24) is 9.97 Å². The van der Waals surface area contributed by atoms with Crippen LogP contribution in [0.5, 0.6) is 0 Å². The first-order valence-electron chi connectivity index (χ1n) is 5.72. The molecule has 0 aliphatic rings. The van der Waals surface area contributed by atoms with Gasteiger partial charge in [-0.05, 0) is 32.9 Å². The highest BCUT2D eigenvalue weighted by molar-refractivity contribution is 5.89. The first kappa shape index (κ1) is 10.9. The molecule has 0 fully saturated rings. The van der Waals surface area contributed by atoms with Crippen molar-refractivity contribution in [2.24, 2.45) is 0 Å². The molecule has 1 heterocycles. The van der Waals surface area contributed by atoms with Gasteiger partial charge in [-0.1, -0.05) is 11.6 Å². The van der Waals surface area contributed by atoms with Gasteiger partial charge in [0.15, 0.2) is 0 Å². The maximum atomic E-state index is 4.40. The fourth-order valence-corrected chi connectivity index (χ4v) is 1.93. The van der Waals surface area contributed by atoms with Crippen molar-refractivity contribution in [2.75, 3.05) is 18.0 Å². The van der Waals surface area contributed by atoms with E-state index < -0.39 is 0 Å². The summed E-state index contributed by atoms with van der Waals surface area (Å²) in [7, 11) is 0. The van der Waals surface area contributed by atoms with Gasteiger partial charge < -0.3 is 4.90 Å². The van der Waals surface area contributed by atoms with Crippen LogP contribution in [0.1, 0.15) is 19.4 Å². The Hall–Kier alpha value is -1.64. The Morgan fingerprint density at radius 3 is 2.56 bits per heavy atom. The van der Waals surface area contributed by atoms with Gasteiger partial charge in [0, 0.05) is 18.5 Å². The highest BCUT2D eigenvalue weighted by atomic mass is 15.2. The molecule has 2 aromatic rings. The highest BCUT2D eigenvalue weighted by Gasteiger charge is 2.08. The molecule has 0 bridgehead atoms. The molecule has 3 heteroatoms. The van der Waals surface area contributed by atoms with Crippen LogP contribution in [-0.2, 0) is 0 Å². The van der Waals surface area contributed by atoms with Crippen LogP contribution in [0.2, 0.25) is 0 Å². The lowest BCUT2D eigenvalue weighted by Crippen LogP contribution is -2.23. The van der Waals surface area contributed by atoms with Crippen molar-refractivity contribution in [1.29, 1.82) is 0 Å². The minimum Gasteiger partial charge on any atom is -0.357 e. The van der Waals surface area contributed by atoms with Crippen molar-refractivity contribution in [3.05, 3.63) is 30.1 Å². The first-order valence-corrected chi connectivity index (χ1v) is 5.72. The van der Waals surface area contributed by atoms with Gasteiger partial charge in [-0.2, -0.15) is 0 Å². The van der Waals surface area contributed by atoms with E-state index in [1.807, 2.05) is 0 Å². The minimum atomic E-state index is 0.969. The monoisotopic (exact) mass is 215 g/mol. The van der Waals surface area contributed by atoms with Gasteiger partial charge in [-0.15, -0.1) is 0 Å². The molecule has 0 aliphatic heterocycles. The third-order valence-electron chi connectivity index (χ3n) is 2.83. The molecule has 16 heavy (non-hydrogen) atoms. The van der Waals surface area contributed by atoms with E-state index in [1.165, 1.54) is 5.56 Å². The van der Waals surface area contributed by atoms with E-state index in [-0.39, 0.29) is 0 Å². The Labute approximate surface area is 96.1 Å². The zero-order valence-corrected chi connectivity index (χ0v) is 10.1. The van der Waals surface area contributed by atoms with Crippen LogP contribution < -0.4 is 4.90 Å². The molecule has 0 radical (unpaired) electrons. The SMILES string of the molecule is CCN(CC)c1ncnc2ccc(C)cc12. The summed E-state index contributed by atoms with van der Waals surface area (Å²) in [6, 6.07) is 6.30. The summed E-state index contributed by atoms with van der Waals surface area (Å²) in [5.74, 6) is 1.04. The van der Waals surface area contributed by atoms with Crippen LogP contribution in [-0.4, -0.2) is 23.1 Å². The summed E-state index contributed by atoms with van der Waals surface area (Å²) < 4.78 is 0. The number of hydrogen-bond donors (Lipinski definition) is 0. The summed E-state index contributed by atoms with van der Waals surface area (Å²) in [6.45, 7) is 8.33. The Morgan fingerprint density at radius 2 is 1.88 bits per heavy atom. The van der Waals surface area contributed by atoms with Crippen LogP contribution >= 0.6 is 0 Å². The maximum Gasteiger partial charge on any atom is 0.139 e. The van der Waals surface area contributed by atoms with Gasteiger partial charge in [-0.3, -0.25) is 0 Å². The largest absolute Gasteiger partial charge is 0.357 e. The van der Waals surface area contributed by atoms with E-state index >= 15 is 0 Å². The minimum absolute atomic E-state index is 0.969. The second-order valence-corrected chi connectivity index (χ2v) is 3.89. The summed E-state index contributed by atoms with van der Waals surface area (Å²) in [5.41, 5.74) is 2.26. The third kappa shape index (κ3) is 1.85. The van der Waals surface area contributed by atoms with Crippen molar-refractivity contribution >= 4 is 16.7 Å². The number of aromatic nitrogens is 2. The number of nitrogens with zero attached hydrogens (tertiary/aromatic N) is 3. The third-order valence-corrected chi connectivity index (χ3v) is 2.83. The van der Waals surface area contributed by atoms with Gasteiger partial charge in [0.1, 0.15) is 12.1 Å². The van der Waals surface area contributed by atoms with Crippen molar-refractivity contribution in [2.45, 2.75) is 20.8 Å². The molecule has 1 aromatic carbocycles. The Balaban J connectivity index is 2.64. The standard InChI is InChI=1S/C13H17N3/c1-4-16(5-2)13-11-8-10(3)6-7-12(11)14-9-15-13/h6-9H,4-5H2,1-3H3. The molecule has 0 unspecified atom stereocenters. The van der Waals surface area contributed by atoms with Gasteiger partial charge in [0.05, 0.1) is 5.52 Å². The molecule has 0 saturated carbocycles. The molecule has 3 nitrogen and oxygen atoms in total. The highest BCUT2D eigenvalue weighted by Crippen LogP contribution is 2.23. The summed E-state index contributed by atoms with van der Waals surface area (Å²) in [4.78, 5) is 11.0. The number of hydrogen-bond acceptors (Lipinski definition) is 3. The molecule has 0 saturated heterocycles. The number of fused-ring (bicyclic) bond motifs is 1. The summed E-state index contributed by atoms with van der Waals surface area (Å²) in [6.07, 6.45) is 1.64. The predicted molar refractivity (Wildman–Crippen MR) is 67.8 cm³/mol. The Bertz CT molecular complexity index is 490. The molecule has 0 N–H and O–H groups in total. The lowest BCUT2D eigenvalue weighted by Gasteiger charge is -2.21. The number of benzene rings is 1. The molecular formula is C13H17N3. The predicted octanol–water partition coefficient (Wildman–Crippen LogP) is 2.78. The Morgan fingerprint density at radius 1 is 1.12 bits per heavy atom. The molecule has 1 aromatic heterocycles. The average Bonchev–Trinajstić information content (AvgIpc) is 2.31. The van der Waals surface area contributed by atoms with Crippen molar-refractivity contribution in [3.8, 4) is 0 Å². The van der Waals surface area contributed by atoms with Crippen LogP contribution in [0, 0.1) is 6.92 Å². The number of rotatable bonds is 3. The second kappa shape index (κ2) is 4.47. The van der Waals surface area contributed by atoms with Gasteiger partial charge in [0.25, 0.3) is 0 Å². The van der Waals surface area contributed by atoms with Gasteiger partial charge in [-0.25, -0.2) is 9.97 Å². The maximum absolute atomic E-state index is 4.40. The number of aryl methyl sites for hydroxylation is 1. The van der Waals surface area contributed by atoms with Crippen molar-refractivity contribution in [3.63, 3.8) is 0 Å². The van der Waals surface area contributed by atoms with Crippen molar-refractivity contribution < 1.29 is 0 Å². The van der Waals surface area contributed by atoms with Crippen LogP contribution in [0.15, 0.2) is 24.5 Å². The lowest BCUT2D eigenvalue weighted by molar-refractivity contribution is 0.848. The topological polar surface area (TPSA) is 29.0 Å². The van der Waals surface area contributed by atoms with Crippen LogP contribution in [0.25, 0.3) is 10.9 Å². The van der Waals surface area contributed by atoms with Crippen LogP contribution in [0.4, 0.5) is 5.82 Å². The summed E-state index contributed by atoms with van der Waals surface area (Å²) >= 11 is 0. The molecule has 2 rings (SSSR count). The molecule has 0 spiro atoms. The van der Waals surface area contributed by atoms with E-state index in [9.17, 15) is 0 Å². The molecule has 0 atom stereocenters. The quantitative estimate of drug-likeness (QED) is 0.788. The second-order valence-electron chi connectivity index (χ2n) is 3.89. The summed E-state index contributed by atoms with van der Waals surface area (Å²) in [5, 5.41) is 1.14. The van der Waals surface area contributed by atoms with Gasteiger partial charge >= 0.3 is 0 Å². The zero-order valence-electron chi connectivity index (χ0n) is 10.1. The molecular weight excluding hydrogens is 198 g/mol. The van der Waals surface area contributed by atoms with E-state index in [0.717, 1.165) is 29.8 Å². The van der Waals surface area contributed by atoms with E-state index in [4.69, 9.17) is 0 Å². The fourth-order valence-electron chi connectivity index (χ4n) is 1.93. The average molecular weight is 215 g/mol.